The molecule has 0 saturated carbocycles. The Kier molecular flexibility index (Phi) is 5.39. The van der Waals surface area contributed by atoms with Gasteiger partial charge in [-0.05, 0) is 36.4 Å². The van der Waals surface area contributed by atoms with Crippen molar-refractivity contribution < 1.29 is 18.7 Å². The molecule has 4 aromatic rings. The lowest BCUT2D eigenvalue weighted by Crippen LogP contribution is -2.30. The van der Waals surface area contributed by atoms with E-state index in [2.05, 4.69) is 4.98 Å². The Morgan fingerprint density at radius 3 is 2.62 bits per heavy atom. The number of rotatable bonds is 6. The molecule has 0 aliphatic carbocycles. The van der Waals surface area contributed by atoms with Gasteiger partial charge in [-0.1, -0.05) is 35.6 Å². The van der Waals surface area contributed by atoms with Crippen molar-refractivity contribution in [2.45, 2.75) is 0 Å². The van der Waals surface area contributed by atoms with Gasteiger partial charge in [0, 0.05) is 12.1 Å². The Morgan fingerprint density at radius 1 is 1.03 bits per heavy atom. The van der Waals surface area contributed by atoms with Crippen LogP contribution in [0.4, 0.5) is 15.2 Å². The van der Waals surface area contributed by atoms with Crippen molar-refractivity contribution in [2.24, 2.45) is 0 Å². The number of nitrogens with zero attached hydrogens (tertiary/aromatic N) is 2. The zero-order chi connectivity index (χ0) is 20.2. The van der Waals surface area contributed by atoms with Gasteiger partial charge in [-0.15, -0.1) is 0 Å². The number of benzene rings is 3. The molecule has 29 heavy (non-hydrogen) atoms. The van der Waals surface area contributed by atoms with Crippen LogP contribution in [0.25, 0.3) is 10.2 Å². The molecule has 1 heterocycles. The fourth-order valence-electron chi connectivity index (χ4n) is 2.83. The van der Waals surface area contributed by atoms with Crippen LogP contribution in [-0.4, -0.2) is 24.6 Å². The van der Waals surface area contributed by atoms with Gasteiger partial charge in [0.2, 0.25) is 0 Å². The number of aromatic nitrogens is 1. The molecule has 0 radical (unpaired) electrons. The molecule has 0 spiro atoms. The Labute approximate surface area is 170 Å². The van der Waals surface area contributed by atoms with Crippen LogP contribution in [-0.2, 0) is 4.79 Å². The normalized spacial score (nSPS) is 10.7. The predicted octanol–water partition coefficient (Wildman–Crippen LogP) is 5.19. The molecular weight excluding hydrogens is 391 g/mol. The molecule has 4 rings (SSSR count). The largest absolute Gasteiger partial charge is 0.497 e. The summed E-state index contributed by atoms with van der Waals surface area (Å²) in [7, 11) is 1.57. The van der Waals surface area contributed by atoms with Crippen molar-refractivity contribution in [1.82, 2.24) is 4.98 Å². The van der Waals surface area contributed by atoms with E-state index in [9.17, 15) is 9.18 Å². The summed E-state index contributed by atoms with van der Waals surface area (Å²) in [5.74, 6) is 0.146. The zero-order valence-electron chi connectivity index (χ0n) is 15.5. The van der Waals surface area contributed by atoms with Crippen LogP contribution in [0, 0.1) is 5.82 Å². The Bertz CT molecular complexity index is 1130. The minimum Gasteiger partial charge on any atom is -0.497 e. The molecular formula is C22H17FN2O3S. The second-order valence-electron chi connectivity index (χ2n) is 6.14. The van der Waals surface area contributed by atoms with Gasteiger partial charge in [-0.3, -0.25) is 9.69 Å². The third-order valence-corrected chi connectivity index (χ3v) is 5.21. The maximum atomic E-state index is 13.4. The Morgan fingerprint density at radius 2 is 1.83 bits per heavy atom. The third-order valence-electron chi connectivity index (χ3n) is 4.19. The lowest BCUT2D eigenvalue weighted by Gasteiger charge is -2.20. The van der Waals surface area contributed by atoms with E-state index in [1.54, 1.807) is 37.4 Å². The Balaban J connectivity index is 1.68. The van der Waals surface area contributed by atoms with Crippen LogP contribution in [0.15, 0.2) is 72.8 Å². The molecule has 1 amide bonds. The third kappa shape index (κ3) is 4.20. The van der Waals surface area contributed by atoms with E-state index in [4.69, 9.17) is 9.47 Å². The SMILES string of the molecule is COc1cccc(N(C(=O)COc2cccc(F)c2)c2nc3ccccc3s2)c1. The van der Waals surface area contributed by atoms with E-state index in [-0.39, 0.29) is 18.3 Å². The van der Waals surface area contributed by atoms with Crippen molar-refractivity contribution in [3.63, 3.8) is 0 Å². The summed E-state index contributed by atoms with van der Waals surface area (Å²) in [5.41, 5.74) is 1.41. The maximum absolute atomic E-state index is 13.4. The van der Waals surface area contributed by atoms with E-state index >= 15 is 0 Å². The minimum atomic E-state index is -0.425. The van der Waals surface area contributed by atoms with Gasteiger partial charge in [0.25, 0.3) is 5.91 Å². The summed E-state index contributed by atoms with van der Waals surface area (Å²) in [6.45, 7) is -0.267. The zero-order valence-corrected chi connectivity index (χ0v) is 16.4. The second kappa shape index (κ2) is 8.28. The summed E-state index contributed by atoms with van der Waals surface area (Å²) in [6, 6.07) is 20.5. The average Bonchev–Trinajstić information content (AvgIpc) is 3.16. The summed E-state index contributed by atoms with van der Waals surface area (Å²) in [4.78, 5) is 19.2. The number of hydrogen-bond donors (Lipinski definition) is 0. The molecule has 0 fully saturated rings. The molecule has 7 heteroatoms. The lowest BCUT2D eigenvalue weighted by atomic mass is 10.2. The van der Waals surface area contributed by atoms with Gasteiger partial charge in [0.05, 0.1) is 23.0 Å². The first-order valence-electron chi connectivity index (χ1n) is 8.85. The first kappa shape index (κ1) is 18.9. The average molecular weight is 408 g/mol. The number of ether oxygens (including phenoxy) is 2. The molecule has 5 nitrogen and oxygen atoms in total. The minimum absolute atomic E-state index is 0.267. The fraction of sp³-hybridized carbons (Fsp3) is 0.0909. The highest BCUT2D eigenvalue weighted by Gasteiger charge is 2.23. The van der Waals surface area contributed by atoms with E-state index in [1.165, 1.54) is 34.4 Å². The van der Waals surface area contributed by atoms with Crippen molar-refractivity contribution in [3.8, 4) is 11.5 Å². The van der Waals surface area contributed by atoms with Crippen LogP contribution in [0.5, 0.6) is 11.5 Å². The number of anilines is 2. The highest BCUT2D eigenvalue weighted by Crippen LogP contribution is 2.34. The maximum Gasteiger partial charge on any atom is 0.271 e. The van der Waals surface area contributed by atoms with Crippen molar-refractivity contribution in [2.75, 3.05) is 18.6 Å². The second-order valence-corrected chi connectivity index (χ2v) is 7.15. The van der Waals surface area contributed by atoms with Gasteiger partial charge >= 0.3 is 0 Å². The first-order valence-corrected chi connectivity index (χ1v) is 9.66. The van der Waals surface area contributed by atoms with Crippen molar-refractivity contribution in [1.29, 1.82) is 0 Å². The first-order chi connectivity index (χ1) is 14.1. The highest BCUT2D eigenvalue weighted by molar-refractivity contribution is 7.22. The van der Waals surface area contributed by atoms with Crippen LogP contribution in [0.3, 0.4) is 0 Å². The summed E-state index contributed by atoms with van der Waals surface area (Å²) >= 11 is 1.40. The van der Waals surface area contributed by atoms with Crippen molar-refractivity contribution in [3.05, 3.63) is 78.6 Å². The lowest BCUT2D eigenvalue weighted by molar-refractivity contribution is -0.119. The van der Waals surface area contributed by atoms with Crippen LogP contribution < -0.4 is 14.4 Å². The highest BCUT2D eigenvalue weighted by atomic mass is 32.1. The van der Waals surface area contributed by atoms with Gasteiger partial charge in [-0.25, -0.2) is 9.37 Å². The molecule has 0 N–H and O–H groups in total. The molecule has 0 aliphatic heterocycles. The number of para-hydroxylation sites is 1. The summed E-state index contributed by atoms with van der Waals surface area (Å²) in [6.07, 6.45) is 0. The molecule has 0 unspecified atom stereocenters. The van der Waals surface area contributed by atoms with E-state index in [1.807, 2.05) is 24.3 Å². The number of fused-ring (bicyclic) bond motifs is 1. The molecule has 0 atom stereocenters. The summed E-state index contributed by atoms with van der Waals surface area (Å²) in [5, 5.41) is 0.521. The van der Waals surface area contributed by atoms with Gasteiger partial charge < -0.3 is 9.47 Å². The van der Waals surface area contributed by atoms with E-state index < -0.39 is 5.82 Å². The quantitative estimate of drug-likeness (QED) is 0.441. The number of thiazole rings is 1. The van der Waals surface area contributed by atoms with E-state index in [0.717, 1.165) is 10.2 Å². The molecule has 0 aliphatic rings. The van der Waals surface area contributed by atoms with Gasteiger partial charge in [-0.2, -0.15) is 0 Å². The smallest absolute Gasteiger partial charge is 0.271 e. The topological polar surface area (TPSA) is 51.7 Å². The number of methoxy groups -OCH3 is 1. The molecule has 0 saturated heterocycles. The monoisotopic (exact) mass is 408 g/mol. The molecule has 3 aromatic carbocycles. The number of carbonyl (C=O) groups excluding carboxylic acids is 1. The number of hydrogen-bond acceptors (Lipinski definition) is 5. The predicted molar refractivity (Wildman–Crippen MR) is 112 cm³/mol. The van der Waals surface area contributed by atoms with Crippen LogP contribution >= 0.6 is 11.3 Å². The Hall–Kier alpha value is -3.45. The van der Waals surface area contributed by atoms with Crippen LogP contribution in [0.1, 0.15) is 0 Å². The van der Waals surface area contributed by atoms with Crippen LogP contribution in [0.2, 0.25) is 0 Å². The van der Waals surface area contributed by atoms with Gasteiger partial charge in [0.15, 0.2) is 11.7 Å². The van der Waals surface area contributed by atoms with E-state index in [0.29, 0.717) is 16.6 Å². The number of halogens is 1. The van der Waals surface area contributed by atoms with Gasteiger partial charge in [0.1, 0.15) is 17.3 Å². The standard InChI is InChI=1S/C22H17FN2O3S/c1-27-17-8-5-7-16(13-17)25(22-24-19-10-2-3-11-20(19)29-22)21(26)14-28-18-9-4-6-15(23)12-18/h2-13H,14H2,1H3. The number of carbonyl (C=O) groups is 1. The molecule has 1 aromatic heterocycles. The van der Waals surface area contributed by atoms with Crippen molar-refractivity contribution >= 4 is 38.3 Å². The fourth-order valence-corrected chi connectivity index (χ4v) is 3.84. The molecule has 0 bridgehead atoms. The number of amides is 1. The summed E-state index contributed by atoms with van der Waals surface area (Å²) < 4.78 is 25.2. The molecule has 146 valence electrons.